The molecule has 2 rings (SSSR count). The fourth-order valence-electron chi connectivity index (χ4n) is 2.39. The third-order valence-electron chi connectivity index (χ3n) is 3.63. The number of rotatable bonds is 4. The largest absolute Gasteiger partial charge is 0.352 e. The number of hydrogen-bond donors (Lipinski definition) is 1. The van der Waals surface area contributed by atoms with Crippen molar-refractivity contribution < 1.29 is 4.79 Å². The van der Waals surface area contributed by atoms with Crippen LogP contribution in [0.3, 0.4) is 0 Å². The van der Waals surface area contributed by atoms with Crippen LogP contribution in [0.4, 0.5) is 0 Å². The van der Waals surface area contributed by atoms with Gasteiger partial charge in [0.25, 0.3) is 0 Å². The lowest BCUT2D eigenvalue weighted by atomic mass is 9.86. The molecule has 1 aromatic heterocycles. The van der Waals surface area contributed by atoms with E-state index in [1.54, 1.807) is 18.5 Å². The van der Waals surface area contributed by atoms with Crippen LogP contribution in [0, 0.1) is 5.92 Å². The van der Waals surface area contributed by atoms with Crippen LogP contribution in [0.25, 0.3) is 0 Å². The number of hydrogen-bond acceptors (Lipinski definition) is 4. The van der Waals surface area contributed by atoms with Gasteiger partial charge in [0.15, 0.2) is 5.16 Å². The first-order chi connectivity index (χ1) is 9.16. The van der Waals surface area contributed by atoms with E-state index >= 15 is 0 Å². The van der Waals surface area contributed by atoms with Crippen molar-refractivity contribution >= 4 is 17.7 Å². The monoisotopic (exact) mass is 279 g/mol. The van der Waals surface area contributed by atoms with Gasteiger partial charge in [-0.2, -0.15) is 0 Å². The van der Waals surface area contributed by atoms with Gasteiger partial charge in [0, 0.05) is 18.4 Å². The van der Waals surface area contributed by atoms with Crippen molar-refractivity contribution in [2.24, 2.45) is 5.92 Å². The van der Waals surface area contributed by atoms with Gasteiger partial charge in [0.1, 0.15) is 0 Å². The summed E-state index contributed by atoms with van der Waals surface area (Å²) in [5.74, 6) is 0.680. The molecule has 1 N–H and O–H groups in total. The molecule has 1 aliphatic carbocycles. The van der Waals surface area contributed by atoms with Gasteiger partial charge in [-0.05, 0) is 31.7 Å². The van der Waals surface area contributed by atoms with E-state index in [1.807, 2.05) is 6.92 Å². The summed E-state index contributed by atoms with van der Waals surface area (Å²) in [5, 5.41) is 3.67. The highest BCUT2D eigenvalue weighted by atomic mass is 32.2. The zero-order valence-electron chi connectivity index (χ0n) is 11.5. The third kappa shape index (κ3) is 4.20. The average Bonchev–Trinajstić information content (AvgIpc) is 2.42. The van der Waals surface area contributed by atoms with E-state index in [9.17, 15) is 4.79 Å². The van der Waals surface area contributed by atoms with Crippen molar-refractivity contribution in [1.29, 1.82) is 0 Å². The molecule has 0 aromatic carbocycles. The summed E-state index contributed by atoms with van der Waals surface area (Å²) >= 11 is 1.41. The summed E-state index contributed by atoms with van der Waals surface area (Å²) in [7, 11) is 0. The van der Waals surface area contributed by atoms with Gasteiger partial charge in [-0.25, -0.2) is 9.97 Å². The van der Waals surface area contributed by atoms with E-state index < -0.39 is 0 Å². The second-order valence-corrected chi connectivity index (χ2v) is 6.48. The summed E-state index contributed by atoms with van der Waals surface area (Å²) in [5.41, 5.74) is 0. The first kappa shape index (κ1) is 14.3. The van der Waals surface area contributed by atoms with Gasteiger partial charge < -0.3 is 5.32 Å². The Morgan fingerprint density at radius 2 is 2.05 bits per heavy atom. The van der Waals surface area contributed by atoms with Crippen LogP contribution in [0.1, 0.15) is 39.5 Å². The van der Waals surface area contributed by atoms with Crippen LogP contribution in [0.2, 0.25) is 0 Å². The van der Waals surface area contributed by atoms with Crippen LogP contribution in [-0.4, -0.2) is 27.2 Å². The van der Waals surface area contributed by atoms with Crippen molar-refractivity contribution in [3.63, 3.8) is 0 Å². The molecule has 1 saturated carbocycles. The van der Waals surface area contributed by atoms with Gasteiger partial charge in [0.2, 0.25) is 5.91 Å². The Bertz CT molecular complexity index is 412. The predicted octanol–water partition coefficient (Wildman–Crippen LogP) is 2.65. The van der Waals surface area contributed by atoms with E-state index in [0.717, 1.165) is 6.42 Å². The maximum Gasteiger partial charge on any atom is 0.233 e. The van der Waals surface area contributed by atoms with Gasteiger partial charge in [0.05, 0.1) is 5.25 Å². The number of amides is 1. The molecule has 19 heavy (non-hydrogen) atoms. The number of thioether (sulfide) groups is 1. The molecule has 1 heterocycles. The highest BCUT2D eigenvalue weighted by molar-refractivity contribution is 8.00. The standard InChI is InChI=1S/C14H21N3OS/c1-10-6-3-4-7-12(10)17-13(18)11(2)19-14-15-8-5-9-16-14/h5,8-12H,3-4,6-7H2,1-2H3,(H,17,18)/t10-,11-,12-/m1/s1. The van der Waals surface area contributed by atoms with Gasteiger partial charge in [-0.15, -0.1) is 0 Å². The molecule has 0 unspecified atom stereocenters. The van der Waals surface area contributed by atoms with E-state index in [1.165, 1.54) is 31.0 Å². The van der Waals surface area contributed by atoms with Gasteiger partial charge in [-0.3, -0.25) is 4.79 Å². The molecule has 1 amide bonds. The summed E-state index contributed by atoms with van der Waals surface area (Å²) in [4.78, 5) is 20.4. The normalized spacial score (nSPS) is 24.7. The van der Waals surface area contributed by atoms with Crippen molar-refractivity contribution in [3.8, 4) is 0 Å². The minimum Gasteiger partial charge on any atom is -0.352 e. The molecule has 0 aliphatic heterocycles. The Morgan fingerprint density at radius 1 is 1.37 bits per heavy atom. The topological polar surface area (TPSA) is 54.9 Å². The van der Waals surface area contributed by atoms with Crippen LogP contribution in [0.15, 0.2) is 23.6 Å². The summed E-state index contributed by atoms with van der Waals surface area (Å²) in [6.07, 6.45) is 8.22. The molecule has 1 aliphatic rings. The molecule has 4 nitrogen and oxygen atoms in total. The van der Waals surface area contributed by atoms with Crippen molar-refractivity contribution in [1.82, 2.24) is 15.3 Å². The van der Waals surface area contributed by atoms with Gasteiger partial charge in [-0.1, -0.05) is 31.5 Å². The molecule has 1 fully saturated rings. The number of nitrogens with zero attached hydrogens (tertiary/aromatic N) is 2. The van der Waals surface area contributed by atoms with Crippen LogP contribution >= 0.6 is 11.8 Å². The SMILES string of the molecule is C[C@@H]1CCCC[C@H]1NC(=O)[C@@H](C)Sc1ncccn1. The molecular weight excluding hydrogens is 258 g/mol. The van der Waals surface area contributed by atoms with E-state index in [2.05, 4.69) is 22.2 Å². The Morgan fingerprint density at radius 3 is 2.74 bits per heavy atom. The first-order valence-corrected chi connectivity index (χ1v) is 7.79. The van der Waals surface area contributed by atoms with Gasteiger partial charge >= 0.3 is 0 Å². The van der Waals surface area contributed by atoms with E-state index in [-0.39, 0.29) is 11.2 Å². The molecule has 0 bridgehead atoms. The van der Waals surface area contributed by atoms with Crippen molar-refractivity contribution in [2.75, 3.05) is 0 Å². The molecule has 3 atom stereocenters. The lowest BCUT2D eigenvalue weighted by Gasteiger charge is -2.30. The number of carbonyl (C=O) groups is 1. The average molecular weight is 279 g/mol. The quantitative estimate of drug-likeness (QED) is 0.680. The zero-order valence-corrected chi connectivity index (χ0v) is 12.3. The molecule has 0 saturated heterocycles. The highest BCUT2D eigenvalue weighted by Crippen LogP contribution is 2.25. The molecule has 1 aromatic rings. The van der Waals surface area contributed by atoms with Crippen LogP contribution in [-0.2, 0) is 4.79 Å². The minimum absolute atomic E-state index is 0.0937. The smallest absolute Gasteiger partial charge is 0.233 e. The maximum absolute atomic E-state index is 12.2. The molecule has 0 radical (unpaired) electrons. The predicted molar refractivity (Wildman–Crippen MR) is 76.9 cm³/mol. The van der Waals surface area contributed by atoms with Crippen molar-refractivity contribution in [3.05, 3.63) is 18.5 Å². The van der Waals surface area contributed by atoms with E-state index in [4.69, 9.17) is 0 Å². The lowest BCUT2D eigenvalue weighted by molar-refractivity contribution is -0.121. The molecule has 104 valence electrons. The highest BCUT2D eigenvalue weighted by Gasteiger charge is 2.25. The van der Waals surface area contributed by atoms with Crippen LogP contribution < -0.4 is 5.32 Å². The fraction of sp³-hybridized carbons (Fsp3) is 0.643. The molecule has 5 heteroatoms. The first-order valence-electron chi connectivity index (χ1n) is 6.91. The van der Waals surface area contributed by atoms with E-state index in [0.29, 0.717) is 17.1 Å². The summed E-state index contributed by atoms with van der Waals surface area (Å²) in [6, 6.07) is 2.11. The summed E-state index contributed by atoms with van der Waals surface area (Å²) < 4.78 is 0. The number of carbonyl (C=O) groups excluding carboxylic acids is 1. The maximum atomic E-state index is 12.2. The number of nitrogens with one attached hydrogen (secondary N) is 1. The Hall–Kier alpha value is -1.10. The Labute approximate surface area is 118 Å². The second kappa shape index (κ2) is 6.89. The Kier molecular flexibility index (Phi) is 5.19. The Balaban J connectivity index is 1.85. The molecule has 0 spiro atoms. The summed E-state index contributed by atoms with van der Waals surface area (Å²) in [6.45, 7) is 4.13. The lowest BCUT2D eigenvalue weighted by Crippen LogP contribution is -2.44. The fourth-order valence-corrected chi connectivity index (χ4v) is 3.12. The second-order valence-electron chi connectivity index (χ2n) is 5.17. The molecular formula is C14H21N3OS. The zero-order chi connectivity index (χ0) is 13.7. The minimum atomic E-state index is -0.156. The number of aromatic nitrogens is 2. The van der Waals surface area contributed by atoms with Crippen LogP contribution in [0.5, 0.6) is 0 Å². The third-order valence-corrected chi connectivity index (χ3v) is 4.62. The van der Waals surface area contributed by atoms with Crippen molar-refractivity contribution in [2.45, 2.75) is 56.0 Å².